The van der Waals surface area contributed by atoms with Crippen molar-refractivity contribution in [2.24, 2.45) is 5.14 Å². The van der Waals surface area contributed by atoms with Crippen molar-refractivity contribution in [2.45, 2.75) is 11.8 Å². The van der Waals surface area contributed by atoms with E-state index in [2.05, 4.69) is 5.10 Å². The molecule has 0 unspecified atom stereocenters. The first-order chi connectivity index (χ1) is 15.1. The van der Waals surface area contributed by atoms with E-state index < -0.39 is 16.0 Å². The smallest absolute Gasteiger partial charge is 0.330 e. The number of carbonyl (C=O) groups is 1. The van der Waals surface area contributed by atoms with E-state index in [-0.39, 0.29) is 29.1 Å². The molecule has 11 heteroatoms. The molecule has 0 saturated heterocycles. The van der Waals surface area contributed by atoms with Crippen molar-refractivity contribution in [3.8, 4) is 11.4 Å². The molecule has 0 aliphatic carbocycles. The third kappa shape index (κ3) is 5.94. The van der Waals surface area contributed by atoms with Crippen LogP contribution in [0.5, 0.6) is 5.75 Å². The molecule has 0 saturated carbocycles. The molecule has 0 aliphatic rings. The van der Waals surface area contributed by atoms with Gasteiger partial charge in [0, 0.05) is 11.6 Å². The van der Waals surface area contributed by atoms with Gasteiger partial charge in [-0.25, -0.2) is 27.4 Å². The lowest BCUT2D eigenvalue weighted by atomic mass is 10.2. The first kappa shape index (κ1) is 23.5. The lowest BCUT2D eigenvalue weighted by molar-refractivity contribution is -0.138. The highest BCUT2D eigenvalue weighted by Gasteiger charge is 2.13. The highest BCUT2D eigenvalue weighted by molar-refractivity contribution is 7.89. The van der Waals surface area contributed by atoms with Crippen molar-refractivity contribution in [3.05, 3.63) is 76.8 Å². The molecule has 168 valence electrons. The molecule has 3 rings (SSSR count). The summed E-state index contributed by atoms with van der Waals surface area (Å²) in [7, 11) is -3.77. The van der Waals surface area contributed by atoms with Gasteiger partial charge in [-0.3, -0.25) is 0 Å². The monoisotopic (exact) mass is 479 g/mol. The molecule has 0 aliphatic heterocycles. The molecule has 3 aromatic rings. The maximum Gasteiger partial charge on any atom is 0.330 e. The van der Waals surface area contributed by atoms with Crippen LogP contribution in [0.1, 0.15) is 11.3 Å². The molecule has 0 spiro atoms. The Morgan fingerprint density at radius 2 is 1.81 bits per heavy atom. The zero-order valence-corrected chi connectivity index (χ0v) is 18.4. The van der Waals surface area contributed by atoms with E-state index in [0.29, 0.717) is 22.7 Å². The summed E-state index contributed by atoms with van der Waals surface area (Å²) in [4.78, 5) is 11.9. The summed E-state index contributed by atoms with van der Waals surface area (Å²) in [5.74, 6) is -0.580. The second-order valence-electron chi connectivity index (χ2n) is 6.54. The summed E-state index contributed by atoms with van der Waals surface area (Å²) in [5.41, 5.74) is 1.68. The predicted octanol–water partition coefficient (Wildman–Crippen LogP) is 3.26. The second-order valence-corrected chi connectivity index (χ2v) is 8.46. The molecule has 0 bridgehead atoms. The Bertz CT molecular complexity index is 1240. The Hall–Kier alpha value is -3.21. The Balaban J connectivity index is 1.53. The Kier molecular flexibility index (Phi) is 7.29. The standard InChI is InChI=1S/C21H19ClFN3O5S/c1-14-19(21(22)26(25-14)16-4-2-15(23)3-5-16)10-11-20(27)31-13-12-30-17-6-8-18(9-7-17)32(24,28)29/h2-11H,12-13H2,1H3,(H2,24,28,29)/b11-10+. The number of halogens is 2. The molecular formula is C21H19ClFN3O5S. The second kappa shape index (κ2) is 9.94. The van der Waals surface area contributed by atoms with Gasteiger partial charge in [0.15, 0.2) is 0 Å². The molecule has 8 nitrogen and oxygen atoms in total. The van der Waals surface area contributed by atoms with Gasteiger partial charge in [-0.05, 0) is 61.5 Å². The van der Waals surface area contributed by atoms with Crippen molar-refractivity contribution in [3.63, 3.8) is 0 Å². The van der Waals surface area contributed by atoms with E-state index in [9.17, 15) is 17.6 Å². The van der Waals surface area contributed by atoms with Gasteiger partial charge in [0.1, 0.15) is 29.9 Å². The molecule has 0 atom stereocenters. The van der Waals surface area contributed by atoms with Crippen molar-refractivity contribution < 1.29 is 27.1 Å². The normalized spacial score (nSPS) is 11.6. The average molecular weight is 480 g/mol. The number of aryl methyl sites for hydroxylation is 1. The number of aromatic nitrogens is 2. The zero-order valence-electron chi connectivity index (χ0n) is 16.9. The van der Waals surface area contributed by atoms with Crippen molar-refractivity contribution in [1.29, 1.82) is 0 Å². The maximum absolute atomic E-state index is 13.1. The molecule has 2 aromatic carbocycles. The SMILES string of the molecule is Cc1nn(-c2ccc(F)cc2)c(Cl)c1/C=C/C(=O)OCCOc1ccc(S(N)(=O)=O)cc1. The van der Waals surface area contributed by atoms with Crippen LogP contribution in [0.15, 0.2) is 59.5 Å². The largest absolute Gasteiger partial charge is 0.490 e. The third-order valence-corrected chi connectivity index (χ3v) is 5.55. The quantitative estimate of drug-likeness (QED) is 0.301. The number of esters is 1. The number of carbonyl (C=O) groups excluding carboxylic acids is 1. The summed E-state index contributed by atoms with van der Waals surface area (Å²) in [5, 5.41) is 9.61. The van der Waals surface area contributed by atoms with Crippen LogP contribution in [0.3, 0.4) is 0 Å². The molecule has 1 heterocycles. The number of primary sulfonamides is 1. The fraction of sp³-hybridized carbons (Fsp3) is 0.143. The van der Waals surface area contributed by atoms with E-state index in [1.54, 1.807) is 6.92 Å². The van der Waals surface area contributed by atoms with Crippen molar-refractivity contribution >= 4 is 33.7 Å². The molecule has 0 amide bonds. The zero-order chi connectivity index (χ0) is 23.3. The summed E-state index contributed by atoms with van der Waals surface area (Å²) in [6.45, 7) is 1.77. The summed E-state index contributed by atoms with van der Waals surface area (Å²) < 4.78 is 47.5. The molecule has 0 fully saturated rings. The van der Waals surface area contributed by atoms with Gasteiger partial charge in [0.05, 0.1) is 16.3 Å². The van der Waals surface area contributed by atoms with E-state index in [1.165, 1.54) is 65.4 Å². The van der Waals surface area contributed by atoms with Crippen LogP contribution in [0.4, 0.5) is 4.39 Å². The van der Waals surface area contributed by atoms with E-state index >= 15 is 0 Å². The number of hydrogen-bond acceptors (Lipinski definition) is 6. The fourth-order valence-electron chi connectivity index (χ4n) is 2.68. The van der Waals surface area contributed by atoms with Gasteiger partial charge in [0.2, 0.25) is 10.0 Å². The van der Waals surface area contributed by atoms with Gasteiger partial charge < -0.3 is 9.47 Å². The van der Waals surface area contributed by atoms with Gasteiger partial charge in [0.25, 0.3) is 0 Å². The van der Waals surface area contributed by atoms with Crippen LogP contribution >= 0.6 is 11.6 Å². The van der Waals surface area contributed by atoms with Crippen LogP contribution in [0.2, 0.25) is 5.15 Å². The summed E-state index contributed by atoms with van der Waals surface area (Å²) in [6.07, 6.45) is 2.70. The van der Waals surface area contributed by atoms with Gasteiger partial charge in [-0.2, -0.15) is 5.10 Å². The minimum absolute atomic E-state index is 0.0261. The number of hydrogen-bond donors (Lipinski definition) is 1. The molecule has 0 radical (unpaired) electrons. The molecular weight excluding hydrogens is 461 g/mol. The number of benzene rings is 2. The number of nitrogens with two attached hydrogens (primary N) is 1. The number of rotatable bonds is 8. The Labute approximate surface area is 189 Å². The van der Waals surface area contributed by atoms with Crippen molar-refractivity contribution in [2.75, 3.05) is 13.2 Å². The Morgan fingerprint density at radius 3 is 2.44 bits per heavy atom. The van der Waals surface area contributed by atoms with E-state index in [0.717, 1.165) is 0 Å². The predicted molar refractivity (Wildman–Crippen MR) is 117 cm³/mol. The summed E-state index contributed by atoms with van der Waals surface area (Å²) in [6, 6.07) is 11.2. The van der Waals surface area contributed by atoms with Crippen LogP contribution in [0.25, 0.3) is 11.8 Å². The van der Waals surface area contributed by atoms with E-state index in [1.807, 2.05) is 0 Å². The Morgan fingerprint density at radius 1 is 1.16 bits per heavy atom. The lowest BCUT2D eigenvalue weighted by Crippen LogP contribution is -2.12. The molecule has 2 N–H and O–H groups in total. The van der Waals surface area contributed by atoms with Gasteiger partial charge in [-0.15, -0.1) is 0 Å². The van der Waals surface area contributed by atoms with Crippen LogP contribution in [-0.4, -0.2) is 37.4 Å². The number of nitrogens with zero attached hydrogens (tertiary/aromatic N) is 2. The van der Waals surface area contributed by atoms with Crippen molar-refractivity contribution in [1.82, 2.24) is 9.78 Å². The van der Waals surface area contributed by atoms with Crippen LogP contribution in [0, 0.1) is 12.7 Å². The highest BCUT2D eigenvalue weighted by Crippen LogP contribution is 2.25. The van der Waals surface area contributed by atoms with Crippen LogP contribution < -0.4 is 9.88 Å². The topological polar surface area (TPSA) is 114 Å². The molecule has 1 aromatic heterocycles. The lowest BCUT2D eigenvalue weighted by Gasteiger charge is -2.07. The first-order valence-corrected chi connectivity index (χ1v) is 11.2. The maximum atomic E-state index is 13.1. The van der Waals surface area contributed by atoms with Gasteiger partial charge >= 0.3 is 5.97 Å². The number of ether oxygens (including phenoxy) is 2. The third-order valence-electron chi connectivity index (χ3n) is 4.25. The summed E-state index contributed by atoms with van der Waals surface area (Å²) >= 11 is 6.36. The highest BCUT2D eigenvalue weighted by atomic mass is 35.5. The minimum Gasteiger partial charge on any atom is -0.490 e. The fourth-order valence-corrected chi connectivity index (χ4v) is 3.53. The first-order valence-electron chi connectivity index (χ1n) is 9.27. The number of sulfonamides is 1. The van der Waals surface area contributed by atoms with E-state index in [4.69, 9.17) is 26.2 Å². The van der Waals surface area contributed by atoms with Gasteiger partial charge in [-0.1, -0.05) is 11.6 Å². The molecule has 32 heavy (non-hydrogen) atoms. The minimum atomic E-state index is -3.77. The van der Waals surface area contributed by atoms with Crippen LogP contribution in [-0.2, 0) is 19.6 Å². The average Bonchev–Trinajstić information content (AvgIpc) is 3.03.